The third-order valence-electron chi connectivity index (χ3n) is 3.39. The van der Waals surface area contributed by atoms with Gasteiger partial charge in [-0.3, -0.25) is 9.69 Å². The number of aromatic nitrogens is 2. The van der Waals surface area contributed by atoms with Gasteiger partial charge in [-0.05, 0) is 24.1 Å². The van der Waals surface area contributed by atoms with E-state index in [9.17, 15) is 4.79 Å². The fraction of sp³-hybridized carbons (Fsp3) is 0.294. The van der Waals surface area contributed by atoms with Crippen LogP contribution in [0.1, 0.15) is 24.5 Å². The molecule has 1 amide bonds. The zero-order valence-electron chi connectivity index (χ0n) is 14.2. The van der Waals surface area contributed by atoms with Gasteiger partial charge >= 0.3 is 0 Å². The predicted octanol–water partition coefficient (Wildman–Crippen LogP) is 2.64. The first-order valence-corrected chi connectivity index (χ1v) is 8.80. The molecule has 0 spiro atoms. The number of nitrogen functional groups attached to an aromatic ring is 1. The number of hydrogen-bond acceptors (Lipinski definition) is 7. The lowest BCUT2D eigenvalue weighted by atomic mass is 10.1. The molecule has 25 heavy (non-hydrogen) atoms. The molecule has 130 valence electrons. The Balaban J connectivity index is 2.39. The number of nitrogens with two attached hydrogens (primary N) is 1. The number of anilines is 3. The van der Waals surface area contributed by atoms with Gasteiger partial charge in [0.1, 0.15) is 5.69 Å². The summed E-state index contributed by atoms with van der Waals surface area (Å²) in [6, 6.07) is 9.19. The van der Waals surface area contributed by atoms with Crippen molar-refractivity contribution in [2.75, 3.05) is 28.8 Å². The highest BCUT2D eigenvalue weighted by Gasteiger charge is 2.18. The summed E-state index contributed by atoms with van der Waals surface area (Å²) in [4.78, 5) is 21.9. The van der Waals surface area contributed by atoms with Gasteiger partial charge < -0.3 is 11.1 Å². The topological polar surface area (TPSA) is 108 Å². The molecule has 0 aliphatic carbocycles. The molecule has 2 aromatic rings. The molecule has 0 saturated carbocycles. The monoisotopic (exact) mass is 356 g/mol. The maximum Gasteiger partial charge on any atom is 0.215 e. The van der Waals surface area contributed by atoms with E-state index in [0.29, 0.717) is 34.5 Å². The van der Waals surface area contributed by atoms with Gasteiger partial charge in [-0.15, -0.1) is 0 Å². The van der Waals surface area contributed by atoms with Gasteiger partial charge in [-0.2, -0.15) is 5.26 Å². The average molecular weight is 356 g/mol. The molecule has 1 aromatic heterocycles. The standard InChI is InChI=1S/C17H20N6OS/c1-3-7-25-17-21-15(19)14(20-2)16(22-17)23(11-24)10-13-6-4-5-12(8-13)9-18/h4-6,8,11,20H,3,7,10H2,1-2H3,(H2,19,21,22). The summed E-state index contributed by atoms with van der Waals surface area (Å²) >= 11 is 1.49. The molecule has 8 heteroatoms. The molecule has 0 bridgehead atoms. The van der Waals surface area contributed by atoms with E-state index in [0.717, 1.165) is 17.7 Å². The van der Waals surface area contributed by atoms with Crippen LogP contribution in [0.5, 0.6) is 0 Å². The number of thioether (sulfide) groups is 1. The van der Waals surface area contributed by atoms with Crippen LogP contribution in [0.3, 0.4) is 0 Å². The first kappa shape index (κ1) is 18.5. The SMILES string of the molecule is CCCSc1nc(N)c(NC)c(N(C=O)Cc2cccc(C#N)c2)n1. The smallest absolute Gasteiger partial charge is 0.215 e. The Labute approximate surface area is 151 Å². The van der Waals surface area contributed by atoms with Crippen molar-refractivity contribution in [1.29, 1.82) is 5.26 Å². The Kier molecular flexibility index (Phi) is 6.60. The van der Waals surface area contributed by atoms with E-state index < -0.39 is 0 Å². The molecule has 0 radical (unpaired) electrons. The zero-order valence-corrected chi connectivity index (χ0v) is 15.0. The van der Waals surface area contributed by atoms with Gasteiger partial charge in [-0.25, -0.2) is 9.97 Å². The number of hydrogen-bond donors (Lipinski definition) is 2. The molecule has 0 unspecified atom stereocenters. The molecular formula is C17H20N6OS. The lowest BCUT2D eigenvalue weighted by molar-refractivity contribution is -0.107. The minimum Gasteiger partial charge on any atom is -0.382 e. The molecule has 0 atom stereocenters. The fourth-order valence-corrected chi connectivity index (χ4v) is 2.95. The van der Waals surface area contributed by atoms with Crippen molar-refractivity contribution >= 4 is 35.5 Å². The molecule has 2 rings (SSSR count). The molecule has 3 N–H and O–H groups in total. The third kappa shape index (κ3) is 4.61. The molecule has 1 aromatic carbocycles. The summed E-state index contributed by atoms with van der Waals surface area (Å²) in [6.45, 7) is 2.35. The van der Waals surface area contributed by atoms with Crippen molar-refractivity contribution in [2.45, 2.75) is 25.0 Å². The van der Waals surface area contributed by atoms with Crippen LogP contribution in [0, 0.1) is 11.3 Å². The van der Waals surface area contributed by atoms with Crippen molar-refractivity contribution < 1.29 is 4.79 Å². The average Bonchev–Trinajstić information content (AvgIpc) is 2.64. The molecule has 0 aliphatic heterocycles. The second kappa shape index (κ2) is 8.89. The van der Waals surface area contributed by atoms with Crippen molar-refractivity contribution in [3.63, 3.8) is 0 Å². The zero-order chi connectivity index (χ0) is 18.2. The van der Waals surface area contributed by atoms with Gasteiger partial charge in [0.15, 0.2) is 16.8 Å². The van der Waals surface area contributed by atoms with Crippen LogP contribution < -0.4 is 16.0 Å². The summed E-state index contributed by atoms with van der Waals surface area (Å²) in [5.41, 5.74) is 7.89. The number of nitrogens with zero attached hydrogens (tertiary/aromatic N) is 4. The predicted molar refractivity (Wildman–Crippen MR) is 100 cm³/mol. The van der Waals surface area contributed by atoms with Gasteiger partial charge in [0, 0.05) is 12.8 Å². The number of nitriles is 1. The highest BCUT2D eigenvalue weighted by atomic mass is 32.2. The Morgan fingerprint density at radius 1 is 1.44 bits per heavy atom. The molecular weight excluding hydrogens is 336 g/mol. The number of rotatable bonds is 8. The van der Waals surface area contributed by atoms with Crippen LogP contribution in [0.2, 0.25) is 0 Å². The molecule has 7 nitrogen and oxygen atoms in total. The van der Waals surface area contributed by atoms with Crippen LogP contribution in [-0.4, -0.2) is 29.2 Å². The molecule has 0 saturated heterocycles. The third-order valence-corrected chi connectivity index (χ3v) is 4.44. The van der Waals surface area contributed by atoms with Gasteiger partial charge in [0.25, 0.3) is 0 Å². The Morgan fingerprint density at radius 2 is 2.24 bits per heavy atom. The van der Waals surface area contributed by atoms with E-state index in [2.05, 4.69) is 28.3 Å². The lowest BCUT2D eigenvalue weighted by Crippen LogP contribution is -2.24. The Bertz CT molecular complexity index is 789. The highest BCUT2D eigenvalue weighted by molar-refractivity contribution is 7.99. The van der Waals surface area contributed by atoms with Crippen LogP contribution in [0.25, 0.3) is 0 Å². The normalized spacial score (nSPS) is 10.1. The van der Waals surface area contributed by atoms with Crippen LogP contribution in [0.15, 0.2) is 29.4 Å². The Hall–Kier alpha value is -2.79. The van der Waals surface area contributed by atoms with E-state index in [1.807, 2.05) is 6.07 Å². The maximum absolute atomic E-state index is 11.7. The summed E-state index contributed by atoms with van der Waals surface area (Å²) in [5, 5.41) is 12.5. The van der Waals surface area contributed by atoms with Crippen molar-refractivity contribution in [2.24, 2.45) is 0 Å². The van der Waals surface area contributed by atoms with Gasteiger partial charge in [-0.1, -0.05) is 30.8 Å². The van der Waals surface area contributed by atoms with Crippen LogP contribution in [0.4, 0.5) is 17.3 Å². The summed E-state index contributed by atoms with van der Waals surface area (Å²) < 4.78 is 0. The number of benzene rings is 1. The van der Waals surface area contributed by atoms with E-state index in [-0.39, 0.29) is 6.54 Å². The molecule has 1 heterocycles. The van der Waals surface area contributed by atoms with E-state index in [1.54, 1.807) is 25.2 Å². The first-order valence-electron chi connectivity index (χ1n) is 7.82. The number of carbonyl (C=O) groups is 1. The highest BCUT2D eigenvalue weighted by Crippen LogP contribution is 2.31. The lowest BCUT2D eigenvalue weighted by Gasteiger charge is -2.21. The number of nitrogens with one attached hydrogen (secondary N) is 1. The summed E-state index contributed by atoms with van der Waals surface area (Å²) in [6.07, 6.45) is 1.69. The quantitative estimate of drug-likeness (QED) is 0.425. The van der Waals surface area contributed by atoms with E-state index >= 15 is 0 Å². The minimum atomic E-state index is 0.280. The van der Waals surface area contributed by atoms with E-state index in [1.165, 1.54) is 16.7 Å². The maximum atomic E-state index is 11.7. The second-order valence-electron chi connectivity index (χ2n) is 5.23. The number of carbonyl (C=O) groups excluding carboxylic acids is 1. The summed E-state index contributed by atoms with van der Waals surface area (Å²) in [7, 11) is 1.71. The largest absolute Gasteiger partial charge is 0.382 e. The molecule has 0 aliphatic rings. The van der Waals surface area contributed by atoms with Crippen molar-refractivity contribution in [3.8, 4) is 6.07 Å². The van der Waals surface area contributed by atoms with Crippen LogP contribution in [-0.2, 0) is 11.3 Å². The van der Waals surface area contributed by atoms with Crippen molar-refractivity contribution in [3.05, 3.63) is 35.4 Å². The number of amides is 1. The summed E-state index contributed by atoms with van der Waals surface area (Å²) in [5.74, 6) is 1.58. The molecule has 0 fully saturated rings. The van der Waals surface area contributed by atoms with Gasteiger partial charge in [0.05, 0.1) is 18.2 Å². The first-order chi connectivity index (χ1) is 12.1. The van der Waals surface area contributed by atoms with Gasteiger partial charge in [0.2, 0.25) is 6.41 Å². The van der Waals surface area contributed by atoms with Crippen LogP contribution >= 0.6 is 11.8 Å². The Morgan fingerprint density at radius 3 is 2.88 bits per heavy atom. The second-order valence-corrected chi connectivity index (χ2v) is 6.30. The fourth-order valence-electron chi connectivity index (χ4n) is 2.25. The van der Waals surface area contributed by atoms with Crippen molar-refractivity contribution in [1.82, 2.24) is 9.97 Å². The minimum absolute atomic E-state index is 0.280. The van der Waals surface area contributed by atoms with E-state index in [4.69, 9.17) is 11.0 Å².